The average Bonchev–Trinajstić information content (AvgIpc) is 2.84. The van der Waals surface area contributed by atoms with Crippen LogP contribution < -0.4 is 4.90 Å². The molecule has 8 heteroatoms. The molecular weight excluding hydrogens is 428 g/mol. The minimum Gasteiger partial charge on any atom is -0.353 e. The molecule has 34 heavy (non-hydrogen) atoms. The predicted octanol–water partition coefficient (Wildman–Crippen LogP) is 2.16. The third-order valence-electron chi connectivity index (χ3n) is 7.52. The van der Waals surface area contributed by atoms with Crippen LogP contribution in [0.3, 0.4) is 0 Å². The molecule has 8 nitrogen and oxygen atoms in total. The summed E-state index contributed by atoms with van der Waals surface area (Å²) in [6, 6.07) is 8.26. The Kier molecular flexibility index (Phi) is 6.87. The van der Waals surface area contributed by atoms with Crippen molar-refractivity contribution in [2.45, 2.75) is 32.2 Å². The number of hydrogen-bond donors (Lipinski definition) is 0. The van der Waals surface area contributed by atoms with Gasteiger partial charge in [0.05, 0.1) is 24.6 Å². The molecule has 0 atom stereocenters. The van der Waals surface area contributed by atoms with Crippen LogP contribution in [-0.4, -0.2) is 101 Å². The molecule has 0 radical (unpaired) electrons. The molecule has 0 spiro atoms. The molecule has 1 aliphatic carbocycles. The number of amides is 1. The molecule has 2 saturated heterocycles. The SMILES string of the molecule is CC(=O)c1cccc(-c2cnc(N3CCN(CC(=O)N4CCN(C5CCC5)CC4)CC3)cn2)c1. The Bertz CT molecular complexity index is 1010. The van der Waals surface area contributed by atoms with E-state index in [-0.39, 0.29) is 11.7 Å². The molecular formula is C26H34N6O2. The smallest absolute Gasteiger partial charge is 0.236 e. The largest absolute Gasteiger partial charge is 0.353 e. The summed E-state index contributed by atoms with van der Waals surface area (Å²) in [5, 5.41) is 0. The van der Waals surface area contributed by atoms with E-state index in [2.05, 4.69) is 24.7 Å². The second-order valence-electron chi connectivity index (χ2n) is 9.66. The number of ketones is 1. The molecule has 3 fully saturated rings. The zero-order valence-electron chi connectivity index (χ0n) is 20.0. The Balaban J connectivity index is 1.09. The highest BCUT2D eigenvalue weighted by atomic mass is 16.2. The molecule has 1 aromatic carbocycles. The second-order valence-corrected chi connectivity index (χ2v) is 9.66. The van der Waals surface area contributed by atoms with E-state index < -0.39 is 0 Å². The summed E-state index contributed by atoms with van der Waals surface area (Å²) in [5.41, 5.74) is 2.33. The standard InChI is InChI=1S/C26H34N6O2/c1-20(33)21-4-2-5-22(16-21)24-17-28-25(18-27-24)31-10-8-29(9-11-31)19-26(34)32-14-12-30(13-15-32)23-6-3-7-23/h2,4-5,16-18,23H,3,6-15,19H2,1H3. The Hall–Kier alpha value is -2.84. The van der Waals surface area contributed by atoms with Crippen molar-refractivity contribution in [1.82, 2.24) is 24.7 Å². The third kappa shape index (κ3) is 5.13. The second kappa shape index (κ2) is 10.2. The van der Waals surface area contributed by atoms with Crippen LogP contribution in [0.15, 0.2) is 36.7 Å². The third-order valence-corrected chi connectivity index (χ3v) is 7.52. The van der Waals surface area contributed by atoms with E-state index in [4.69, 9.17) is 0 Å². The zero-order chi connectivity index (χ0) is 23.5. The topological polar surface area (TPSA) is 72.9 Å². The van der Waals surface area contributed by atoms with Crippen molar-refractivity contribution >= 4 is 17.5 Å². The number of Topliss-reactive ketones (excluding diaryl/α,β-unsaturated/α-hetero) is 1. The summed E-state index contributed by atoms with van der Waals surface area (Å²) in [6.07, 6.45) is 7.60. The maximum atomic E-state index is 12.8. The van der Waals surface area contributed by atoms with E-state index in [1.807, 2.05) is 29.2 Å². The number of aromatic nitrogens is 2. The fraction of sp³-hybridized carbons (Fsp3) is 0.538. The van der Waals surface area contributed by atoms with Gasteiger partial charge in [0.25, 0.3) is 0 Å². The highest BCUT2D eigenvalue weighted by Gasteiger charge is 2.30. The predicted molar refractivity (Wildman–Crippen MR) is 132 cm³/mol. The first-order valence-corrected chi connectivity index (χ1v) is 12.5. The number of anilines is 1. The summed E-state index contributed by atoms with van der Waals surface area (Å²) >= 11 is 0. The minimum atomic E-state index is 0.0405. The van der Waals surface area contributed by atoms with E-state index in [0.29, 0.717) is 12.1 Å². The fourth-order valence-electron chi connectivity index (χ4n) is 5.05. The van der Waals surface area contributed by atoms with Gasteiger partial charge < -0.3 is 9.80 Å². The van der Waals surface area contributed by atoms with Gasteiger partial charge in [-0.2, -0.15) is 0 Å². The number of carbonyl (C=O) groups excluding carboxylic acids is 2. The van der Waals surface area contributed by atoms with Crippen molar-refractivity contribution in [1.29, 1.82) is 0 Å². The van der Waals surface area contributed by atoms with Crippen LogP contribution in [0, 0.1) is 0 Å². The first kappa shape index (κ1) is 22.9. The number of piperazine rings is 2. The lowest BCUT2D eigenvalue weighted by Crippen LogP contribution is -2.56. The van der Waals surface area contributed by atoms with Crippen molar-refractivity contribution in [2.75, 3.05) is 63.8 Å². The van der Waals surface area contributed by atoms with Crippen LogP contribution in [0.1, 0.15) is 36.5 Å². The highest BCUT2D eigenvalue weighted by Crippen LogP contribution is 2.25. The van der Waals surface area contributed by atoms with Crippen LogP contribution in [0.5, 0.6) is 0 Å². The monoisotopic (exact) mass is 462 g/mol. The number of hydrogen-bond acceptors (Lipinski definition) is 7. The molecule has 0 N–H and O–H groups in total. The summed E-state index contributed by atoms with van der Waals surface area (Å²) in [6.45, 7) is 9.21. The van der Waals surface area contributed by atoms with Crippen LogP contribution >= 0.6 is 0 Å². The molecule has 2 aliphatic heterocycles. The van der Waals surface area contributed by atoms with Gasteiger partial charge in [0, 0.05) is 69.5 Å². The Labute approximate surface area is 201 Å². The fourth-order valence-corrected chi connectivity index (χ4v) is 5.05. The molecule has 180 valence electrons. The van der Waals surface area contributed by atoms with Gasteiger partial charge in [0.15, 0.2) is 5.78 Å². The molecule has 3 heterocycles. The van der Waals surface area contributed by atoms with Crippen molar-refractivity contribution in [3.8, 4) is 11.3 Å². The van der Waals surface area contributed by atoms with Crippen molar-refractivity contribution in [3.63, 3.8) is 0 Å². The van der Waals surface area contributed by atoms with Gasteiger partial charge in [-0.25, -0.2) is 4.98 Å². The van der Waals surface area contributed by atoms with Gasteiger partial charge in [-0.05, 0) is 25.8 Å². The number of carbonyl (C=O) groups is 2. The van der Waals surface area contributed by atoms with E-state index in [9.17, 15) is 9.59 Å². The first-order chi connectivity index (χ1) is 16.6. The number of benzene rings is 1. The van der Waals surface area contributed by atoms with Gasteiger partial charge in [-0.3, -0.25) is 24.4 Å². The lowest BCUT2D eigenvalue weighted by atomic mass is 9.91. The van der Waals surface area contributed by atoms with E-state index in [1.165, 1.54) is 19.3 Å². The first-order valence-electron chi connectivity index (χ1n) is 12.5. The highest BCUT2D eigenvalue weighted by molar-refractivity contribution is 5.95. The van der Waals surface area contributed by atoms with E-state index in [1.54, 1.807) is 19.3 Å². The van der Waals surface area contributed by atoms with Crippen molar-refractivity contribution in [2.24, 2.45) is 0 Å². The lowest BCUT2D eigenvalue weighted by Gasteiger charge is -2.43. The Morgan fingerprint density at radius 1 is 0.941 bits per heavy atom. The van der Waals surface area contributed by atoms with E-state index >= 15 is 0 Å². The van der Waals surface area contributed by atoms with Crippen LogP contribution in [0.2, 0.25) is 0 Å². The molecule has 2 aromatic rings. The van der Waals surface area contributed by atoms with E-state index in [0.717, 1.165) is 75.5 Å². The zero-order valence-corrected chi connectivity index (χ0v) is 20.0. The van der Waals surface area contributed by atoms with Crippen molar-refractivity contribution < 1.29 is 9.59 Å². The molecule has 3 aliphatic rings. The van der Waals surface area contributed by atoms with Gasteiger partial charge >= 0.3 is 0 Å². The van der Waals surface area contributed by atoms with Crippen LogP contribution in [0.4, 0.5) is 5.82 Å². The summed E-state index contributed by atoms with van der Waals surface area (Å²) in [4.78, 5) is 42.8. The van der Waals surface area contributed by atoms with Gasteiger partial charge in [0.1, 0.15) is 5.82 Å². The molecule has 1 amide bonds. The quantitative estimate of drug-likeness (QED) is 0.609. The van der Waals surface area contributed by atoms with Crippen molar-refractivity contribution in [3.05, 3.63) is 42.2 Å². The van der Waals surface area contributed by atoms with Crippen LogP contribution in [0.25, 0.3) is 11.3 Å². The lowest BCUT2D eigenvalue weighted by molar-refractivity contribution is -0.134. The normalized spacial score (nSPS) is 20.3. The number of nitrogens with zero attached hydrogens (tertiary/aromatic N) is 6. The van der Waals surface area contributed by atoms with Gasteiger partial charge in [0.2, 0.25) is 5.91 Å². The molecule has 0 bridgehead atoms. The summed E-state index contributed by atoms with van der Waals surface area (Å²) < 4.78 is 0. The number of rotatable bonds is 6. The van der Waals surface area contributed by atoms with Gasteiger partial charge in [-0.1, -0.05) is 24.6 Å². The molecule has 5 rings (SSSR count). The minimum absolute atomic E-state index is 0.0405. The molecule has 0 unspecified atom stereocenters. The average molecular weight is 463 g/mol. The van der Waals surface area contributed by atoms with Crippen LogP contribution in [-0.2, 0) is 4.79 Å². The maximum Gasteiger partial charge on any atom is 0.236 e. The summed E-state index contributed by atoms with van der Waals surface area (Å²) in [7, 11) is 0. The molecule has 1 saturated carbocycles. The molecule has 1 aromatic heterocycles. The Morgan fingerprint density at radius 3 is 2.32 bits per heavy atom. The van der Waals surface area contributed by atoms with Gasteiger partial charge in [-0.15, -0.1) is 0 Å². The maximum absolute atomic E-state index is 12.8. The summed E-state index contributed by atoms with van der Waals surface area (Å²) in [5.74, 6) is 1.15. The Morgan fingerprint density at radius 2 is 1.71 bits per heavy atom.